The minimum absolute atomic E-state index is 0.137. The third-order valence-corrected chi connectivity index (χ3v) is 4.05. The van der Waals surface area contributed by atoms with Gasteiger partial charge in [0.2, 0.25) is 0 Å². The Hall–Kier alpha value is -0.970. The van der Waals surface area contributed by atoms with Crippen molar-refractivity contribution >= 4 is 27.5 Å². The van der Waals surface area contributed by atoms with Crippen LogP contribution < -0.4 is 5.32 Å². The fourth-order valence-electron chi connectivity index (χ4n) is 2.03. The maximum atomic E-state index is 13.7. The minimum atomic E-state index is -0.876. The summed E-state index contributed by atoms with van der Waals surface area (Å²) < 4.78 is 27.1. The Bertz CT molecular complexity index is 602. The van der Waals surface area contributed by atoms with Gasteiger partial charge in [-0.15, -0.1) is 0 Å². The van der Waals surface area contributed by atoms with Crippen molar-refractivity contribution in [3.63, 3.8) is 0 Å². The Morgan fingerprint density at radius 3 is 2.40 bits per heavy atom. The van der Waals surface area contributed by atoms with Gasteiger partial charge in [0.15, 0.2) is 11.6 Å². The second-order valence-electron chi connectivity index (χ2n) is 4.31. The van der Waals surface area contributed by atoms with E-state index >= 15 is 0 Å². The van der Waals surface area contributed by atoms with Crippen molar-refractivity contribution in [2.75, 3.05) is 6.54 Å². The van der Waals surface area contributed by atoms with Gasteiger partial charge in [0, 0.05) is 5.02 Å². The van der Waals surface area contributed by atoms with Crippen molar-refractivity contribution in [1.82, 2.24) is 5.32 Å². The molecule has 1 unspecified atom stereocenters. The lowest BCUT2D eigenvalue weighted by molar-refractivity contribution is 0.498. The average Bonchev–Trinajstić information content (AvgIpc) is 2.44. The van der Waals surface area contributed by atoms with Gasteiger partial charge in [-0.3, -0.25) is 0 Å². The summed E-state index contributed by atoms with van der Waals surface area (Å²) >= 11 is 9.01. The van der Waals surface area contributed by atoms with Crippen LogP contribution in [0.4, 0.5) is 8.78 Å². The molecule has 0 fully saturated rings. The zero-order valence-electron chi connectivity index (χ0n) is 10.8. The fraction of sp³-hybridized carbons (Fsp3) is 0.200. The maximum absolute atomic E-state index is 13.7. The Morgan fingerprint density at radius 1 is 1.15 bits per heavy atom. The van der Waals surface area contributed by atoms with Crippen LogP contribution in [0.2, 0.25) is 5.02 Å². The highest BCUT2D eigenvalue weighted by Gasteiger charge is 2.20. The molecular formula is C15H13BrClF2N. The zero-order chi connectivity index (χ0) is 14.7. The van der Waals surface area contributed by atoms with Gasteiger partial charge in [-0.2, -0.15) is 0 Å². The monoisotopic (exact) mass is 359 g/mol. The summed E-state index contributed by atoms with van der Waals surface area (Å²) in [6.45, 7) is 2.65. The second-order valence-corrected chi connectivity index (χ2v) is 5.54. The van der Waals surface area contributed by atoms with Gasteiger partial charge in [-0.05, 0) is 51.8 Å². The highest BCUT2D eigenvalue weighted by Crippen LogP contribution is 2.32. The molecule has 5 heteroatoms. The van der Waals surface area contributed by atoms with Crippen LogP contribution in [0.3, 0.4) is 0 Å². The molecule has 0 saturated carbocycles. The molecule has 2 aromatic carbocycles. The molecule has 0 aliphatic rings. The van der Waals surface area contributed by atoms with Crippen molar-refractivity contribution in [1.29, 1.82) is 0 Å². The third-order valence-electron chi connectivity index (χ3n) is 2.99. The van der Waals surface area contributed by atoms with Crippen LogP contribution in [0.1, 0.15) is 24.1 Å². The number of hydrogen-bond donors (Lipinski definition) is 1. The van der Waals surface area contributed by atoms with Gasteiger partial charge < -0.3 is 5.32 Å². The molecular weight excluding hydrogens is 348 g/mol. The lowest BCUT2D eigenvalue weighted by Gasteiger charge is -2.20. The zero-order valence-corrected chi connectivity index (χ0v) is 13.1. The Morgan fingerprint density at radius 2 is 1.80 bits per heavy atom. The predicted octanol–water partition coefficient (Wildman–Crippen LogP) is 5.08. The van der Waals surface area contributed by atoms with E-state index in [1.807, 2.05) is 19.1 Å². The van der Waals surface area contributed by atoms with Crippen LogP contribution >= 0.6 is 27.5 Å². The first-order valence-electron chi connectivity index (χ1n) is 6.16. The Labute approximate surface area is 130 Å². The summed E-state index contributed by atoms with van der Waals surface area (Å²) in [6.07, 6.45) is 0. The van der Waals surface area contributed by atoms with Gasteiger partial charge in [-0.1, -0.05) is 36.7 Å². The van der Waals surface area contributed by atoms with Gasteiger partial charge in [0.25, 0.3) is 0 Å². The van der Waals surface area contributed by atoms with Crippen LogP contribution in [0.15, 0.2) is 40.9 Å². The van der Waals surface area contributed by atoms with Crippen molar-refractivity contribution < 1.29 is 8.78 Å². The molecule has 2 aromatic rings. The van der Waals surface area contributed by atoms with E-state index in [2.05, 4.69) is 21.2 Å². The first-order chi connectivity index (χ1) is 9.54. The largest absolute Gasteiger partial charge is 0.306 e. The van der Waals surface area contributed by atoms with Gasteiger partial charge in [0.05, 0.1) is 10.5 Å². The number of rotatable bonds is 4. The summed E-state index contributed by atoms with van der Waals surface area (Å²) in [5, 5.41) is 3.89. The normalized spacial score (nSPS) is 12.4. The number of nitrogens with one attached hydrogen (secondary N) is 1. The molecule has 1 atom stereocenters. The van der Waals surface area contributed by atoms with Gasteiger partial charge in [-0.25, -0.2) is 8.78 Å². The maximum Gasteiger partial charge on any atom is 0.173 e. The van der Waals surface area contributed by atoms with E-state index in [1.54, 1.807) is 18.2 Å². The molecule has 0 aromatic heterocycles. The second kappa shape index (κ2) is 6.66. The van der Waals surface area contributed by atoms with Crippen LogP contribution in [-0.4, -0.2) is 6.54 Å². The molecule has 1 nitrogen and oxygen atoms in total. The van der Waals surface area contributed by atoms with Crippen LogP contribution in [-0.2, 0) is 0 Å². The topological polar surface area (TPSA) is 12.0 Å². The van der Waals surface area contributed by atoms with Gasteiger partial charge in [0.1, 0.15) is 0 Å². The van der Waals surface area contributed by atoms with Crippen molar-refractivity contribution in [3.05, 3.63) is 68.7 Å². The fourth-order valence-corrected chi connectivity index (χ4v) is 2.71. The Balaban J connectivity index is 2.48. The van der Waals surface area contributed by atoms with Crippen molar-refractivity contribution in [2.45, 2.75) is 13.0 Å². The molecule has 0 saturated heterocycles. The molecule has 106 valence electrons. The molecule has 0 aliphatic carbocycles. The van der Waals surface area contributed by atoms with E-state index in [1.165, 1.54) is 0 Å². The molecule has 0 bridgehead atoms. The highest BCUT2D eigenvalue weighted by molar-refractivity contribution is 9.10. The molecule has 0 heterocycles. The summed E-state index contributed by atoms with van der Waals surface area (Å²) in [5.41, 5.74) is 1.58. The highest BCUT2D eigenvalue weighted by atomic mass is 79.9. The first kappa shape index (κ1) is 15.4. The lowest BCUT2D eigenvalue weighted by atomic mass is 9.98. The van der Waals surface area contributed by atoms with E-state index in [0.29, 0.717) is 17.1 Å². The molecule has 1 N–H and O–H groups in total. The predicted molar refractivity (Wildman–Crippen MR) is 81.0 cm³/mol. The average molecular weight is 361 g/mol. The minimum Gasteiger partial charge on any atom is -0.306 e. The van der Waals surface area contributed by atoms with Crippen LogP contribution in [0, 0.1) is 11.6 Å². The van der Waals surface area contributed by atoms with E-state index < -0.39 is 11.6 Å². The number of hydrogen-bond acceptors (Lipinski definition) is 1. The molecule has 0 spiro atoms. The smallest absolute Gasteiger partial charge is 0.173 e. The summed E-state index contributed by atoms with van der Waals surface area (Å²) in [7, 11) is 0. The summed E-state index contributed by atoms with van der Waals surface area (Å²) in [5.74, 6) is -1.74. The quantitative estimate of drug-likeness (QED) is 0.750. The SMILES string of the molecule is CCNC(c1ccc(Cl)cc1)c1ccc(F)c(F)c1Br. The van der Waals surface area contributed by atoms with E-state index in [-0.39, 0.29) is 10.5 Å². The molecule has 0 aliphatic heterocycles. The number of benzene rings is 2. The third kappa shape index (κ3) is 3.19. The van der Waals surface area contributed by atoms with E-state index in [9.17, 15) is 8.78 Å². The van der Waals surface area contributed by atoms with E-state index in [0.717, 1.165) is 11.6 Å². The molecule has 20 heavy (non-hydrogen) atoms. The number of halogens is 4. The van der Waals surface area contributed by atoms with Crippen molar-refractivity contribution in [2.24, 2.45) is 0 Å². The summed E-state index contributed by atoms with van der Waals surface area (Å²) in [4.78, 5) is 0. The first-order valence-corrected chi connectivity index (χ1v) is 7.34. The molecule has 0 amide bonds. The lowest BCUT2D eigenvalue weighted by Crippen LogP contribution is -2.22. The molecule has 0 radical (unpaired) electrons. The summed E-state index contributed by atoms with van der Waals surface area (Å²) in [6, 6.07) is 9.75. The van der Waals surface area contributed by atoms with Crippen LogP contribution in [0.25, 0.3) is 0 Å². The standard InChI is InChI=1S/C15H13BrClF2N/c1-2-20-15(9-3-5-10(17)6-4-9)11-7-8-12(18)14(19)13(11)16/h3-8,15,20H,2H2,1H3. The van der Waals surface area contributed by atoms with Crippen molar-refractivity contribution in [3.8, 4) is 0 Å². The van der Waals surface area contributed by atoms with Crippen LogP contribution in [0.5, 0.6) is 0 Å². The Kier molecular flexibility index (Phi) is 5.13. The van der Waals surface area contributed by atoms with E-state index in [4.69, 9.17) is 11.6 Å². The molecule has 2 rings (SSSR count). The van der Waals surface area contributed by atoms with Gasteiger partial charge >= 0.3 is 0 Å².